The standard InChI is InChI=1S/C14H19BClNO3/c1-12(2)13(3,4)20-15(19-12)10-8-17-11(16)7-9(10)14(18)5-6-14/h7-8,18H,5-6H2,1-4H3. The van der Waals surface area contributed by atoms with Gasteiger partial charge in [-0.25, -0.2) is 4.98 Å². The minimum absolute atomic E-state index is 0.376. The Bertz CT molecular complexity index is 541. The first-order valence-electron chi connectivity index (χ1n) is 6.89. The molecule has 6 heteroatoms. The van der Waals surface area contributed by atoms with Crippen molar-refractivity contribution < 1.29 is 14.4 Å². The maximum absolute atomic E-state index is 10.4. The Balaban J connectivity index is 2.00. The van der Waals surface area contributed by atoms with Crippen LogP contribution in [0.5, 0.6) is 0 Å². The van der Waals surface area contributed by atoms with E-state index < -0.39 is 23.9 Å². The normalized spacial score (nSPS) is 25.8. The van der Waals surface area contributed by atoms with Gasteiger partial charge in [0.05, 0.1) is 16.8 Å². The Kier molecular flexibility index (Phi) is 3.01. The number of hydrogen-bond donors (Lipinski definition) is 1. The van der Waals surface area contributed by atoms with Gasteiger partial charge in [0.1, 0.15) is 5.15 Å². The predicted octanol–water partition coefficient (Wildman–Crippen LogP) is 2.02. The smallest absolute Gasteiger partial charge is 0.399 e. The van der Waals surface area contributed by atoms with Gasteiger partial charge in [-0.3, -0.25) is 0 Å². The molecule has 0 radical (unpaired) electrons. The molecule has 2 heterocycles. The Morgan fingerprint density at radius 2 is 1.75 bits per heavy atom. The highest BCUT2D eigenvalue weighted by Gasteiger charge is 2.54. The fourth-order valence-corrected chi connectivity index (χ4v) is 2.55. The van der Waals surface area contributed by atoms with E-state index in [1.54, 1.807) is 12.3 Å². The molecule has 3 rings (SSSR count). The van der Waals surface area contributed by atoms with E-state index in [1.165, 1.54) is 0 Å². The van der Waals surface area contributed by atoms with Crippen LogP contribution >= 0.6 is 11.6 Å². The van der Waals surface area contributed by atoms with Crippen molar-refractivity contribution in [2.45, 2.75) is 57.3 Å². The Labute approximate surface area is 124 Å². The van der Waals surface area contributed by atoms with E-state index >= 15 is 0 Å². The van der Waals surface area contributed by atoms with Crippen LogP contribution in [0.1, 0.15) is 46.1 Å². The molecule has 1 aromatic rings. The summed E-state index contributed by atoms with van der Waals surface area (Å²) in [5.41, 5.74) is -0.0865. The predicted molar refractivity (Wildman–Crippen MR) is 78.1 cm³/mol. The van der Waals surface area contributed by atoms with Gasteiger partial charge < -0.3 is 14.4 Å². The zero-order valence-corrected chi connectivity index (χ0v) is 13.0. The van der Waals surface area contributed by atoms with Crippen molar-refractivity contribution >= 4 is 24.2 Å². The number of pyridine rings is 1. The minimum Gasteiger partial charge on any atom is -0.399 e. The van der Waals surface area contributed by atoms with Gasteiger partial charge in [-0.15, -0.1) is 0 Å². The fraction of sp³-hybridized carbons (Fsp3) is 0.643. The zero-order chi connectivity index (χ0) is 14.8. The Morgan fingerprint density at radius 3 is 2.25 bits per heavy atom. The number of hydrogen-bond acceptors (Lipinski definition) is 4. The maximum atomic E-state index is 10.4. The van der Waals surface area contributed by atoms with Crippen molar-refractivity contribution in [3.8, 4) is 0 Å². The molecule has 0 aromatic carbocycles. The lowest BCUT2D eigenvalue weighted by molar-refractivity contribution is 0.00578. The van der Waals surface area contributed by atoms with Crippen LogP contribution in [-0.2, 0) is 14.9 Å². The molecule has 0 atom stereocenters. The average Bonchev–Trinajstić information content (AvgIpc) is 3.02. The topological polar surface area (TPSA) is 51.6 Å². The summed E-state index contributed by atoms with van der Waals surface area (Å²) >= 11 is 5.97. The second-order valence-corrected chi connectivity index (χ2v) is 7.10. The van der Waals surface area contributed by atoms with E-state index in [9.17, 15) is 5.11 Å². The largest absolute Gasteiger partial charge is 0.496 e. The monoisotopic (exact) mass is 295 g/mol. The quantitative estimate of drug-likeness (QED) is 0.670. The van der Waals surface area contributed by atoms with E-state index in [2.05, 4.69) is 4.98 Å². The molecule has 1 aliphatic carbocycles. The summed E-state index contributed by atoms with van der Waals surface area (Å²) < 4.78 is 12.1. The molecule has 1 aliphatic heterocycles. The molecular formula is C14H19BClNO3. The highest BCUT2D eigenvalue weighted by atomic mass is 35.5. The van der Waals surface area contributed by atoms with Crippen molar-refractivity contribution in [3.63, 3.8) is 0 Å². The lowest BCUT2D eigenvalue weighted by Gasteiger charge is -2.32. The highest BCUT2D eigenvalue weighted by molar-refractivity contribution is 6.62. The number of aromatic nitrogens is 1. The summed E-state index contributed by atoms with van der Waals surface area (Å²) in [5.74, 6) is 0. The lowest BCUT2D eigenvalue weighted by atomic mass is 9.75. The molecule has 1 aromatic heterocycles. The summed E-state index contributed by atoms with van der Waals surface area (Å²) in [6.45, 7) is 8.01. The van der Waals surface area contributed by atoms with Crippen LogP contribution in [0.15, 0.2) is 12.3 Å². The molecule has 1 saturated carbocycles. The molecule has 0 unspecified atom stereocenters. The van der Waals surface area contributed by atoms with Crippen molar-refractivity contribution in [2.75, 3.05) is 0 Å². The molecule has 2 fully saturated rings. The van der Waals surface area contributed by atoms with Crippen LogP contribution in [0, 0.1) is 0 Å². The molecule has 4 nitrogen and oxygen atoms in total. The first kappa shape index (κ1) is 14.3. The number of halogens is 1. The molecule has 1 N–H and O–H groups in total. The summed E-state index contributed by atoms with van der Waals surface area (Å²) in [5, 5.41) is 10.8. The number of aliphatic hydroxyl groups is 1. The number of rotatable bonds is 2. The number of nitrogens with zero attached hydrogens (tertiary/aromatic N) is 1. The van der Waals surface area contributed by atoms with Crippen LogP contribution in [0.4, 0.5) is 0 Å². The Hall–Kier alpha value is -0.615. The van der Waals surface area contributed by atoms with Gasteiger partial charge in [0.2, 0.25) is 0 Å². The maximum Gasteiger partial charge on any atom is 0.496 e. The zero-order valence-electron chi connectivity index (χ0n) is 12.2. The molecule has 20 heavy (non-hydrogen) atoms. The third kappa shape index (κ3) is 2.17. The summed E-state index contributed by atoms with van der Waals surface area (Å²) in [4.78, 5) is 4.12. The fourth-order valence-electron chi connectivity index (χ4n) is 2.39. The van der Waals surface area contributed by atoms with Gasteiger partial charge in [0.25, 0.3) is 0 Å². The first-order chi connectivity index (χ1) is 9.15. The third-order valence-corrected chi connectivity index (χ3v) is 4.84. The van der Waals surface area contributed by atoms with Crippen LogP contribution < -0.4 is 5.46 Å². The molecular weight excluding hydrogens is 276 g/mol. The van der Waals surface area contributed by atoms with Crippen LogP contribution in [0.25, 0.3) is 0 Å². The van der Waals surface area contributed by atoms with Crippen molar-refractivity contribution in [1.82, 2.24) is 4.98 Å². The molecule has 0 amide bonds. The highest BCUT2D eigenvalue weighted by Crippen LogP contribution is 2.46. The second-order valence-electron chi connectivity index (χ2n) is 6.71. The molecule has 1 saturated heterocycles. The van der Waals surface area contributed by atoms with Gasteiger partial charge >= 0.3 is 7.12 Å². The second kappa shape index (κ2) is 4.20. The van der Waals surface area contributed by atoms with Crippen LogP contribution in [0.3, 0.4) is 0 Å². The third-order valence-electron chi connectivity index (χ3n) is 4.63. The summed E-state index contributed by atoms with van der Waals surface area (Å²) in [7, 11) is -0.524. The van der Waals surface area contributed by atoms with Crippen LogP contribution in [-0.4, -0.2) is 28.4 Å². The molecule has 2 aliphatic rings. The summed E-state index contributed by atoms with van der Waals surface area (Å²) in [6, 6.07) is 1.72. The van der Waals surface area contributed by atoms with Crippen molar-refractivity contribution in [2.24, 2.45) is 0 Å². The SMILES string of the molecule is CC1(C)OB(c2cnc(Cl)cc2C2(O)CC2)OC1(C)C. The molecule has 0 bridgehead atoms. The molecule has 108 valence electrons. The van der Waals surface area contributed by atoms with E-state index in [-0.39, 0.29) is 0 Å². The van der Waals surface area contributed by atoms with Crippen molar-refractivity contribution in [1.29, 1.82) is 0 Å². The summed E-state index contributed by atoms with van der Waals surface area (Å²) in [6.07, 6.45) is 3.12. The Morgan fingerprint density at radius 1 is 1.20 bits per heavy atom. The van der Waals surface area contributed by atoms with Gasteiger partial charge in [-0.05, 0) is 52.2 Å². The molecule has 0 spiro atoms. The first-order valence-corrected chi connectivity index (χ1v) is 7.26. The minimum atomic E-state index is -0.800. The van der Waals surface area contributed by atoms with Gasteiger partial charge in [-0.2, -0.15) is 0 Å². The lowest BCUT2D eigenvalue weighted by Crippen LogP contribution is -2.41. The average molecular weight is 296 g/mol. The van der Waals surface area contributed by atoms with E-state index in [1.807, 2.05) is 27.7 Å². The van der Waals surface area contributed by atoms with E-state index in [4.69, 9.17) is 20.9 Å². The van der Waals surface area contributed by atoms with Crippen molar-refractivity contribution in [3.05, 3.63) is 23.0 Å². The van der Waals surface area contributed by atoms with E-state index in [0.717, 1.165) is 23.9 Å². The van der Waals surface area contributed by atoms with Crippen LogP contribution in [0.2, 0.25) is 5.15 Å². The van der Waals surface area contributed by atoms with Gasteiger partial charge in [-0.1, -0.05) is 11.6 Å². The van der Waals surface area contributed by atoms with Gasteiger partial charge in [0, 0.05) is 11.7 Å². The van der Waals surface area contributed by atoms with E-state index in [0.29, 0.717) is 5.15 Å². The van der Waals surface area contributed by atoms with Gasteiger partial charge in [0.15, 0.2) is 0 Å².